The minimum Gasteiger partial charge on any atom is -0.244 e. The van der Waals surface area contributed by atoms with Crippen LogP contribution in [0, 0.1) is 18.3 Å². The second kappa shape index (κ2) is 3.89. The van der Waals surface area contributed by atoms with E-state index in [0.29, 0.717) is 5.56 Å². The number of aryl methyl sites for hydroxylation is 1. The Bertz CT molecular complexity index is 512. The summed E-state index contributed by atoms with van der Waals surface area (Å²) in [6.45, 7) is 1.92. The van der Waals surface area contributed by atoms with Crippen LogP contribution in [-0.4, -0.2) is 9.97 Å². The highest BCUT2D eigenvalue weighted by molar-refractivity contribution is 5.64. The molecule has 2 aromatic rings. The molecule has 0 saturated heterocycles. The van der Waals surface area contributed by atoms with Gasteiger partial charge in [0.2, 0.25) is 0 Å². The van der Waals surface area contributed by atoms with E-state index in [4.69, 9.17) is 5.26 Å². The molecule has 0 fully saturated rings. The van der Waals surface area contributed by atoms with Crippen molar-refractivity contribution in [1.82, 2.24) is 9.97 Å². The molecule has 3 heteroatoms. The van der Waals surface area contributed by atoms with Crippen molar-refractivity contribution in [3.63, 3.8) is 0 Å². The van der Waals surface area contributed by atoms with Crippen molar-refractivity contribution in [2.24, 2.45) is 0 Å². The van der Waals surface area contributed by atoms with E-state index in [-0.39, 0.29) is 0 Å². The maximum absolute atomic E-state index is 8.91. The van der Waals surface area contributed by atoms with Gasteiger partial charge >= 0.3 is 0 Å². The van der Waals surface area contributed by atoms with Gasteiger partial charge in [-0.1, -0.05) is 12.1 Å². The van der Waals surface area contributed by atoms with E-state index in [0.717, 1.165) is 16.7 Å². The molecule has 0 saturated carbocycles. The van der Waals surface area contributed by atoms with E-state index >= 15 is 0 Å². The lowest BCUT2D eigenvalue weighted by Gasteiger charge is -2.02. The Morgan fingerprint density at radius 2 is 1.87 bits per heavy atom. The van der Waals surface area contributed by atoms with E-state index in [1.165, 1.54) is 6.33 Å². The number of nitriles is 1. The maximum atomic E-state index is 8.91. The van der Waals surface area contributed by atoms with Gasteiger partial charge in [-0.3, -0.25) is 0 Å². The molecule has 3 nitrogen and oxygen atoms in total. The fraction of sp³-hybridized carbons (Fsp3) is 0.0833. The molecule has 0 N–H and O–H groups in total. The smallest absolute Gasteiger partial charge is 0.115 e. The van der Waals surface area contributed by atoms with Crippen LogP contribution in [0.3, 0.4) is 0 Å². The lowest BCUT2D eigenvalue weighted by molar-refractivity contribution is 1.17. The number of hydrogen-bond acceptors (Lipinski definition) is 3. The Kier molecular flexibility index (Phi) is 2.42. The highest BCUT2D eigenvalue weighted by atomic mass is 14.8. The van der Waals surface area contributed by atoms with Crippen molar-refractivity contribution >= 4 is 0 Å². The molecule has 0 aliphatic rings. The van der Waals surface area contributed by atoms with Gasteiger partial charge < -0.3 is 0 Å². The minimum absolute atomic E-state index is 0.691. The summed E-state index contributed by atoms with van der Waals surface area (Å²) in [5.74, 6) is 0. The second-order valence-corrected chi connectivity index (χ2v) is 3.27. The van der Waals surface area contributed by atoms with Gasteiger partial charge in [-0.2, -0.15) is 5.26 Å². The molecule has 0 radical (unpaired) electrons. The van der Waals surface area contributed by atoms with E-state index in [2.05, 4.69) is 16.0 Å². The molecule has 0 amide bonds. The van der Waals surface area contributed by atoms with Crippen LogP contribution < -0.4 is 0 Å². The zero-order chi connectivity index (χ0) is 10.7. The monoisotopic (exact) mass is 195 g/mol. The number of rotatable bonds is 1. The van der Waals surface area contributed by atoms with Crippen LogP contribution in [0.1, 0.15) is 11.1 Å². The van der Waals surface area contributed by atoms with Crippen LogP contribution in [0.5, 0.6) is 0 Å². The summed E-state index contributed by atoms with van der Waals surface area (Å²) in [7, 11) is 0. The minimum atomic E-state index is 0.691. The van der Waals surface area contributed by atoms with Crippen LogP contribution in [-0.2, 0) is 0 Å². The van der Waals surface area contributed by atoms with Gasteiger partial charge in [0.1, 0.15) is 6.33 Å². The van der Waals surface area contributed by atoms with Crippen molar-refractivity contribution in [2.75, 3.05) is 0 Å². The molecular formula is C12H9N3. The van der Waals surface area contributed by atoms with E-state index in [1.807, 2.05) is 25.1 Å². The topological polar surface area (TPSA) is 49.6 Å². The standard InChI is InChI=1S/C12H9N3/c1-9-2-3-10(4-11(9)5-13)12-6-14-8-15-7-12/h2-4,6-8H,1H3. The third-order valence-electron chi connectivity index (χ3n) is 2.25. The first-order valence-corrected chi connectivity index (χ1v) is 4.57. The Morgan fingerprint density at radius 3 is 2.53 bits per heavy atom. The van der Waals surface area contributed by atoms with Crippen molar-refractivity contribution in [2.45, 2.75) is 6.92 Å². The molecular weight excluding hydrogens is 186 g/mol. The summed E-state index contributed by atoms with van der Waals surface area (Å²) >= 11 is 0. The van der Waals surface area contributed by atoms with E-state index in [9.17, 15) is 0 Å². The van der Waals surface area contributed by atoms with Gasteiger partial charge in [-0.15, -0.1) is 0 Å². The van der Waals surface area contributed by atoms with Crippen molar-refractivity contribution in [1.29, 1.82) is 5.26 Å². The summed E-state index contributed by atoms with van der Waals surface area (Å²) in [5, 5.41) is 8.91. The summed E-state index contributed by atoms with van der Waals surface area (Å²) in [6, 6.07) is 7.92. The third kappa shape index (κ3) is 1.84. The fourth-order valence-corrected chi connectivity index (χ4v) is 1.37. The number of hydrogen-bond donors (Lipinski definition) is 0. The third-order valence-corrected chi connectivity index (χ3v) is 2.25. The Morgan fingerprint density at radius 1 is 1.13 bits per heavy atom. The summed E-state index contributed by atoms with van der Waals surface area (Å²) < 4.78 is 0. The fourth-order valence-electron chi connectivity index (χ4n) is 1.37. The highest BCUT2D eigenvalue weighted by Gasteiger charge is 2.01. The van der Waals surface area contributed by atoms with Crippen molar-refractivity contribution in [3.05, 3.63) is 48.0 Å². The zero-order valence-electron chi connectivity index (χ0n) is 8.31. The second-order valence-electron chi connectivity index (χ2n) is 3.27. The molecule has 0 aliphatic heterocycles. The first kappa shape index (κ1) is 9.35. The molecule has 2 rings (SSSR count). The molecule has 15 heavy (non-hydrogen) atoms. The Hall–Kier alpha value is -2.21. The van der Waals surface area contributed by atoms with E-state index in [1.54, 1.807) is 12.4 Å². The quantitative estimate of drug-likeness (QED) is 0.701. The normalized spacial score (nSPS) is 9.60. The summed E-state index contributed by atoms with van der Waals surface area (Å²) in [4.78, 5) is 7.89. The first-order chi connectivity index (χ1) is 7.31. The van der Waals surface area contributed by atoms with Crippen LogP contribution in [0.2, 0.25) is 0 Å². The van der Waals surface area contributed by atoms with Gasteiger partial charge in [0.15, 0.2) is 0 Å². The van der Waals surface area contributed by atoms with Gasteiger partial charge in [0.05, 0.1) is 11.6 Å². The molecule has 0 unspecified atom stereocenters. The summed E-state index contributed by atoms with van der Waals surface area (Å²) in [6.07, 6.45) is 4.96. The van der Waals surface area contributed by atoms with Crippen molar-refractivity contribution < 1.29 is 0 Å². The molecule has 0 atom stereocenters. The maximum Gasteiger partial charge on any atom is 0.115 e. The lowest BCUT2D eigenvalue weighted by atomic mass is 10.0. The molecule has 0 spiro atoms. The average Bonchev–Trinajstić information content (AvgIpc) is 2.31. The Labute approximate surface area is 88.1 Å². The van der Waals surface area contributed by atoms with Gasteiger partial charge in [-0.05, 0) is 24.1 Å². The molecule has 0 aliphatic carbocycles. The van der Waals surface area contributed by atoms with E-state index < -0.39 is 0 Å². The lowest BCUT2D eigenvalue weighted by Crippen LogP contribution is -1.86. The zero-order valence-corrected chi connectivity index (χ0v) is 8.31. The first-order valence-electron chi connectivity index (χ1n) is 4.57. The predicted octanol–water partition coefficient (Wildman–Crippen LogP) is 2.32. The number of benzene rings is 1. The SMILES string of the molecule is Cc1ccc(-c2cncnc2)cc1C#N. The van der Waals surface area contributed by atoms with Gasteiger partial charge in [0.25, 0.3) is 0 Å². The largest absolute Gasteiger partial charge is 0.244 e. The number of aromatic nitrogens is 2. The molecule has 1 aromatic carbocycles. The average molecular weight is 195 g/mol. The number of nitrogens with zero attached hydrogens (tertiary/aromatic N) is 3. The molecule has 1 aromatic heterocycles. The Balaban J connectivity index is 2.52. The van der Waals surface area contributed by atoms with Gasteiger partial charge in [-0.25, -0.2) is 9.97 Å². The van der Waals surface area contributed by atoms with Crippen LogP contribution in [0.4, 0.5) is 0 Å². The highest BCUT2D eigenvalue weighted by Crippen LogP contribution is 2.20. The van der Waals surface area contributed by atoms with Crippen LogP contribution in [0.25, 0.3) is 11.1 Å². The summed E-state index contributed by atoms with van der Waals surface area (Å²) in [5.41, 5.74) is 3.57. The molecule has 1 heterocycles. The van der Waals surface area contributed by atoms with Crippen molar-refractivity contribution in [3.8, 4) is 17.2 Å². The van der Waals surface area contributed by atoms with Crippen LogP contribution >= 0.6 is 0 Å². The molecule has 0 bridgehead atoms. The molecule has 72 valence electrons. The predicted molar refractivity (Wildman–Crippen MR) is 56.9 cm³/mol. The van der Waals surface area contributed by atoms with Gasteiger partial charge in [0, 0.05) is 18.0 Å². The van der Waals surface area contributed by atoms with Crippen LogP contribution in [0.15, 0.2) is 36.9 Å².